The van der Waals surface area contributed by atoms with Crippen LogP contribution >= 0.6 is 0 Å². The van der Waals surface area contributed by atoms with Crippen LogP contribution in [0.1, 0.15) is 38.3 Å². The van der Waals surface area contributed by atoms with Gasteiger partial charge in [-0.3, -0.25) is 9.89 Å². The minimum Gasteiger partial charge on any atom is -0.336 e. The number of hydrogen-bond acceptors (Lipinski definition) is 4. The smallest absolute Gasteiger partial charge is 0.243 e. The molecule has 1 aliphatic heterocycles. The molecule has 1 saturated heterocycles. The molecule has 7 nitrogen and oxygen atoms in total. The molecule has 1 fully saturated rings. The molecule has 2 heterocycles. The summed E-state index contributed by atoms with van der Waals surface area (Å²) < 4.78 is 27.7. The van der Waals surface area contributed by atoms with Crippen LogP contribution in [0.2, 0.25) is 0 Å². The maximum absolute atomic E-state index is 13.2. The second kappa shape index (κ2) is 8.80. The fourth-order valence-corrected chi connectivity index (χ4v) is 5.83. The lowest BCUT2D eigenvalue weighted by molar-refractivity contribution is -0.138. The van der Waals surface area contributed by atoms with Crippen molar-refractivity contribution in [1.82, 2.24) is 19.4 Å². The molecular formula is C23H28N4O3S. The van der Waals surface area contributed by atoms with Crippen molar-refractivity contribution < 1.29 is 13.2 Å². The van der Waals surface area contributed by atoms with E-state index < -0.39 is 10.0 Å². The molecule has 0 saturated carbocycles. The predicted octanol–water partition coefficient (Wildman–Crippen LogP) is 3.57. The zero-order chi connectivity index (χ0) is 22.0. The van der Waals surface area contributed by atoms with Crippen LogP contribution in [0.15, 0.2) is 59.6 Å². The second-order valence-electron chi connectivity index (χ2n) is 8.01. The molecule has 1 atom stereocenters. The number of carbonyl (C=O) groups excluding carboxylic acids is 1. The summed E-state index contributed by atoms with van der Waals surface area (Å²) in [6.45, 7) is 5.34. The Kier molecular flexibility index (Phi) is 6.11. The Hall–Kier alpha value is -2.71. The summed E-state index contributed by atoms with van der Waals surface area (Å²) in [7, 11) is -3.60. The number of amides is 1. The molecule has 164 valence electrons. The normalized spacial score (nSPS) is 17.0. The highest BCUT2D eigenvalue weighted by atomic mass is 32.2. The average molecular weight is 441 g/mol. The van der Waals surface area contributed by atoms with Crippen molar-refractivity contribution in [3.05, 3.63) is 60.3 Å². The van der Waals surface area contributed by atoms with Gasteiger partial charge in [0.05, 0.1) is 22.7 Å². The summed E-state index contributed by atoms with van der Waals surface area (Å²) in [6, 6.07) is 15.0. The molecule has 4 rings (SSSR count). The maximum Gasteiger partial charge on any atom is 0.243 e. The summed E-state index contributed by atoms with van der Waals surface area (Å²) in [5, 5.41) is 7.64. The summed E-state index contributed by atoms with van der Waals surface area (Å²) in [5.74, 6) is -0.0533. The molecule has 1 amide bonds. The highest BCUT2D eigenvalue weighted by molar-refractivity contribution is 7.89. The second-order valence-corrected chi connectivity index (χ2v) is 9.95. The van der Waals surface area contributed by atoms with Crippen molar-refractivity contribution in [1.29, 1.82) is 0 Å². The van der Waals surface area contributed by atoms with E-state index in [1.807, 2.05) is 49.1 Å². The third-order valence-electron chi connectivity index (χ3n) is 6.23. The van der Waals surface area contributed by atoms with Gasteiger partial charge in [0.1, 0.15) is 0 Å². The van der Waals surface area contributed by atoms with Crippen molar-refractivity contribution >= 4 is 26.8 Å². The van der Waals surface area contributed by atoms with Gasteiger partial charge in [0.15, 0.2) is 0 Å². The summed E-state index contributed by atoms with van der Waals surface area (Å²) in [5.41, 5.74) is 1.80. The van der Waals surface area contributed by atoms with Crippen LogP contribution in [0.4, 0.5) is 0 Å². The molecule has 0 bridgehead atoms. The molecule has 2 aromatic carbocycles. The zero-order valence-corrected chi connectivity index (χ0v) is 18.7. The Morgan fingerprint density at radius 1 is 1.19 bits per heavy atom. The summed E-state index contributed by atoms with van der Waals surface area (Å²) in [4.78, 5) is 15.4. The number of aromatic amines is 1. The van der Waals surface area contributed by atoms with Gasteiger partial charge in [-0.25, -0.2) is 8.42 Å². The van der Waals surface area contributed by atoms with Crippen LogP contribution in [0.5, 0.6) is 0 Å². The topological polar surface area (TPSA) is 86.4 Å². The first-order chi connectivity index (χ1) is 14.9. The molecule has 1 aromatic heterocycles. The average Bonchev–Trinajstić information content (AvgIpc) is 3.28. The minimum atomic E-state index is -3.60. The SMILES string of the molecule is CCN(C(=O)C1CCN(S(=O)(=O)c2ccc3cn[nH]c3c2)CC1)[C@H](C)c1ccccc1. The maximum atomic E-state index is 13.2. The first-order valence-corrected chi connectivity index (χ1v) is 12.1. The van der Waals surface area contributed by atoms with Crippen molar-refractivity contribution in [3.63, 3.8) is 0 Å². The Morgan fingerprint density at radius 2 is 1.90 bits per heavy atom. The molecular weight excluding hydrogens is 412 g/mol. The van der Waals surface area contributed by atoms with Crippen molar-refractivity contribution in [2.24, 2.45) is 5.92 Å². The molecule has 3 aromatic rings. The molecule has 1 N–H and O–H groups in total. The van der Waals surface area contributed by atoms with Gasteiger partial charge in [0.25, 0.3) is 0 Å². The van der Waals surface area contributed by atoms with E-state index in [4.69, 9.17) is 0 Å². The van der Waals surface area contributed by atoms with E-state index >= 15 is 0 Å². The van der Waals surface area contributed by atoms with Crippen LogP contribution in [-0.4, -0.2) is 53.4 Å². The van der Waals surface area contributed by atoms with Gasteiger partial charge in [-0.05, 0) is 50.5 Å². The number of sulfonamides is 1. The van der Waals surface area contributed by atoms with E-state index in [0.29, 0.717) is 38.0 Å². The number of aromatic nitrogens is 2. The minimum absolute atomic E-state index is 0.0124. The number of carbonyl (C=O) groups is 1. The monoisotopic (exact) mass is 440 g/mol. The summed E-state index contributed by atoms with van der Waals surface area (Å²) >= 11 is 0. The molecule has 8 heteroatoms. The van der Waals surface area contributed by atoms with Gasteiger partial charge in [0, 0.05) is 30.9 Å². The van der Waals surface area contributed by atoms with Gasteiger partial charge in [-0.2, -0.15) is 9.40 Å². The first-order valence-electron chi connectivity index (χ1n) is 10.7. The van der Waals surface area contributed by atoms with Crippen molar-refractivity contribution in [3.8, 4) is 0 Å². The first kappa shape index (κ1) is 21.5. The third-order valence-corrected chi connectivity index (χ3v) is 8.12. The number of H-pyrrole nitrogens is 1. The standard InChI is InChI=1S/C23H28N4O3S/c1-3-27(17(2)18-7-5-4-6-8-18)23(28)19-11-13-26(14-12-19)31(29,30)21-10-9-20-16-24-25-22(20)15-21/h4-10,15-17,19H,3,11-14H2,1-2H3,(H,24,25)/t17-/m1/s1. The molecule has 1 aliphatic rings. The fraction of sp³-hybridized carbons (Fsp3) is 0.391. The number of nitrogens with zero attached hydrogens (tertiary/aromatic N) is 3. The lowest BCUT2D eigenvalue weighted by Crippen LogP contribution is -2.45. The molecule has 0 radical (unpaired) electrons. The highest BCUT2D eigenvalue weighted by Crippen LogP contribution is 2.29. The van der Waals surface area contributed by atoms with E-state index in [9.17, 15) is 13.2 Å². The zero-order valence-electron chi connectivity index (χ0n) is 17.9. The van der Waals surface area contributed by atoms with Crippen molar-refractivity contribution in [2.45, 2.75) is 37.6 Å². The quantitative estimate of drug-likeness (QED) is 0.635. The Morgan fingerprint density at radius 3 is 2.58 bits per heavy atom. The number of nitrogens with one attached hydrogen (secondary N) is 1. The number of piperidine rings is 1. The van der Waals surface area contributed by atoms with Crippen LogP contribution in [0.25, 0.3) is 10.9 Å². The largest absolute Gasteiger partial charge is 0.336 e. The molecule has 0 unspecified atom stereocenters. The van der Waals surface area contributed by atoms with Crippen LogP contribution < -0.4 is 0 Å². The highest BCUT2D eigenvalue weighted by Gasteiger charge is 2.34. The number of hydrogen-bond donors (Lipinski definition) is 1. The van der Waals surface area contributed by atoms with Gasteiger partial charge in [-0.15, -0.1) is 0 Å². The van der Waals surface area contributed by atoms with Crippen LogP contribution in [0.3, 0.4) is 0 Å². The van der Waals surface area contributed by atoms with Gasteiger partial charge in [0.2, 0.25) is 15.9 Å². The third kappa shape index (κ3) is 4.22. The van der Waals surface area contributed by atoms with E-state index in [1.165, 1.54) is 4.31 Å². The molecule has 0 aliphatic carbocycles. The van der Waals surface area contributed by atoms with E-state index in [-0.39, 0.29) is 22.8 Å². The van der Waals surface area contributed by atoms with E-state index in [2.05, 4.69) is 10.2 Å². The number of benzene rings is 2. The summed E-state index contributed by atoms with van der Waals surface area (Å²) in [6.07, 6.45) is 2.73. The van der Waals surface area contributed by atoms with Gasteiger partial charge >= 0.3 is 0 Å². The van der Waals surface area contributed by atoms with Gasteiger partial charge < -0.3 is 4.90 Å². The lowest BCUT2D eigenvalue weighted by Gasteiger charge is -2.36. The number of rotatable bonds is 6. The lowest BCUT2D eigenvalue weighted by atomic mass is 9.95. The molecule has 31 heavy (non-hydrogen) atoms. The van der Waals surface area contributed by atoms with Crippen LogP contribution in [-0.2, 0) is 14.8 Å². The number of fused-ring (bicyclic) bond motifs is 1. The van der Waals surface area contributed by atoms with Crippen LogP contribution in [0, 0.1) is 5.92 Å². The van der Waals surface area contributed by atoms with Crippen molar-refractivity contribution in [2.75, 3.05) is 19.6 Å². The van der Waals surface area contributed by atoms with E-state index in [0.717, 1.165) is 10.9 Å². The molecule has 0 spiro atoms. The predicted molar refractivity (Wildman–Crippen MR) is 120 cm³/mol. The Balaban J connectivity index is 1.44. The fourth-order valence-electron chi connectivity index (χ4n) is 4.34. The van der Waals surface area contributed by atoms with E-state index in [1.54, 1.807) is 24.4 Å². The Bertz CT molecular complexity index is 1150. The Labute approximate surface area is 183 Å². The van der Waals surface area contributed by atoms with Gasteiger partial charge in [-0.1, -0.05) is 30.3 Å².